The molecule has 0 radical (unpaired) electrons. The van der Waals surface area contributed by atoms with Crippen LogP contribution in [0, 0.1) is 0 Å². The number of aromatic nitrogens is 1. The number of hydrogen-bond acceptors (Lipinski definition) is 5. The van der Waals surface area contributed by atoms with E-state index in [-0.39, 0.29) is 18.4 Å². The van der Waals surface area contributed by atoms with Crippen LogP contribution in [0.2, 0.25) is 0 Å². The van der Waals surface area contributed by atoms with Crippen molar-refractivity contribution in [2.75, 3.05) is 24.3 Å². The maximum atomic E-state index is 11.8. The van der Waals surface area contributed by atoms with Gasteiger partial charge in [-0.2, -0.15) is 0 Å². The van der Waals surface area contributed by atoms with Crippen molar-refractivity contribution < 1.29 is 14.1 Å². The first kappa shape index (κ1) is 14.9. The Morgan fingerprint density at radius 2 is 2.05 bits per heavy atom. The zero-order chi connectivity index (χ0) is 15.2. The van der Waals surface area contributed by atoms with Crippen LogP contribution in [-0.4, -0.2) is 24.7 Å². The van der Waals surface area contributed by atoms with Crippen molar-refractivity contribution in [2.45, 2.75) is 19.8 Å². The highest BCUT2D eigenvalue weighted by molar-refractivity contribution is 5.90. The van der Waals surface area contributed by atoms with E-state index >= 15 is 0 Å². The monoisotopic (exact) mass is 289 g/mol. The van der Waals surface area contributed by atoms with Gasteiger partial charge in [-0.25, -0.2) is 0 Å². The molecule has 21 heavy (non-hydrogen) atoms. The Labute approximate surface area is 123 Å². The summed E-state index contributed by atoms with van der Waals surface area (Å²) in [5, 5.41) is 9.48. The lowest BCUT2D eigenvalue weighted by Gasteiger charge is -2.06. The average molecular weight is 289 g/mol. The number of hydrogen-bond donors (Lipinski definition) is 2. The molecule has 6 nitrogen and oxygen atoms in total. The summed E-state index contributed by atoms with van der Waals surface area (Å²) >= 11 is 0. The van der Waals surface area contributed by atoms with E-state index in [9.17, 15) is 4.79 Å². The summed E-state index contributed by atoms with van der Waals surface area (Å²) in [5.41, 5.74) is 1.78. The average Bonchev–Trinajstić information content (AvgIpc) is 2.94. The fraction of sp³-hybridized carbons (Fsp3) is 0.333. The van der Waals surface area contributed by atoms with E-state index in [1.807, 2.05) is 33.0 Å². The molecule has 1 heterocycles. The molecule has 2 N–H and O–H groups in total. The number of anilines is 2. The van der Waals surface area contributed by atoms with Crippen LogP contribution in [0.5, 0.6) is 5.75 Å². The van der Waals surface area contributed by atoms with Gasteiger partial charge in [0.05, 0.1) is 5.69 Å². The number of amides is 1. The van der Waals surface area contributed by atoms with E-state index in [1.165, 1.54) is 0 Å². The van der Waals surface area contributed by atoms with Gasteiger partial charge in [-0.05, 0) is 30.2 Å². The summed E-state index contributed by atoms with van der Waals surface area (Å²) in [4.78, 5) is 11.8. The highest BCUT2D eigenvalue weighted by Gasteiger charge is 2.10. The summed E-state index contributed by atoms with van der Waals surface area (Å²) in [6, 6.07) is 9.05. The molecule has 1 aromatic heterocycles. The number of rotatable bonds is 6. The molecule has 0 unspecified atom stereocenters. The van der Waals surface area contributed by atoms with Gasteiger partial charge in [0.25, 0.3) is 5.91 Å². The molecule has 2 aromatic rings. The molecule has 6 heteroatoms. The van der Waals surface area contributed by atoms with Crippen molar-refractivity contribution in [1.82, 2.24) is 5.16 Å². The lowest BCUT2D eigenvalue weighted by molar-refractivity contribution is -0.118. The van der Waals surface area contributed by atoms with Crippen molar-refractivity contribution in [3.8, 4) is 5.75 Å². The molecule has 0 aliphatic carbocycles. The van der Waals surface area contributed by atoms with Gasteiger partial charge < -0.3 is 14.6 Å². The molecule has 0 saturated heterocycles. The Morgan fingerprint density at radius 1 is 1.33 bits per heavy atom. The first-order valence-electron chi connectivity index (χ1n) is 6.75. The molecule has 0 aliphatic heterocycles. The zero-order valence-electron chi connectivity index (χ0n) is 12.3. The van der Waals surface area contributed by atoms with Gasteiger partial charge >= 0.3 is 0 Å². The van der Waals surface area contributed by atoms with Gasteiger partial charge in [0.15, 0.2) is 6.61 Å². The standard InChI is InChI=1S/C15H19N3O3/c1-10(2)13-8-15(21-18-13)17-14(19)9-20-12-6-4-11(16-3)5-7-12/h4-8,10,16H,9H2,1-3H3,(H,17,19). The van der Waals surface area contributed by atoms with Crippen LogP contribution in [0.25, 0.3) is 0 Å². The van der Waals surface area contributed by atoms with Crippen molar-refractivity contribution >= 4 is 17.5 Å². The molecule has 0 spiro atoms. The molecule has 0 atom stereocenters. The Bertz CT molecular complexity index is 590. The van der Waals surface area contributed by atoms with Gasteiger partial charge in [0, 0.05) is 18.8 Å². The first-order chi connectivity index (χ1) is 10.1. The van der Waals surface area contributed by atoms with Crippen LogP contribution in [0.15, 0.2) is 34.9 Å². The smallest absolute Gasteiger partial charge is 0.264 e. The van der Waals surface area contributed by atoms with Gasteiger partial charge in [-0.1, -0.05) is 19.0 Å². The van der Waals surface area contributed by atoms with Crippen molar-refractivity contribution in [3.63, 3.8) is 0 Å². The maximum absolute atomic E-state index is 11.8. The third-order valence-electron chi connectivity index (χ3n) is 2.90. The Hall–Kier alpha value is -2.50. The van der Waals surface area contributed by atoms with E-state index < -0.39 is 0 Å². The largest absolute Gasteiger partial charge is 0.484 e. The number of carbonyl (C=O) groups excluding carboxylic acids is 1. The normalized spacial score (nSPS) is 10.5. The number of carbonyl (C=O) groups is 1. The Balaban J connectivity index is 1.83. The minimum atomic E-state index is -0.292. The third-order valence-corrected chi connectivity index (χ3v) is 2.90. The number of nitrogens with one attached hydrogen (secondary N) is 2. The fourth-order valence-electron chi connectivity index (χ4n) is 1.66. The summed E-state index contributed by atoms with van der Waals surface area (Å²) < 4.78 is 10.4. The molecule has 0 aliphatic rings. The minimum Gasteiger partial charge on any atom is -0.484 e. The highest BCUT2D eigenvalue weighted by atomic mass is 16.5. The van der Waals surface area contributed by atoms with Gasteiger partial charge in [0.1, 0.15) is 5.75 Å². The van der Waals surface area contributed by atoms with E-state index in [1.54, 1.807) is 18.2 Å². The predicted octanol–water partition coefficient (Wildman–Crippen LogP) is 2.86. The molecular weight excluding hydrogens is 270 g/mol. The molecule has 0 bridgehead atoms. The maximum Gasteiger partial charge on any atom is 0.264 e. The second kappa shape index (κ2) is 6.78. The van der Waals surface area contributed by atoms with Crippen molar-refractivity contribution in [1.29, 1.82) is 0 Å². The van der Waals surface area contributed by atoms with Crippen molar-refractivity contribution in [3.05, 3.63) is 36.0 Å². The number of ether oxygens (including phenoxy) is 1. The van der Waals surface area contributed by atoms with E-state index in [4.69, 9.17) is 9.26 Å². The summed E-state index contributed by atoms with van der Waals surface area (Å²) in [6.45, 7) is 3.92. The molecule has 1 amide bonds. The Morgan fingerprint density at radius 3 is 2.62 bits per heavy atom. The van der Waals surface area contributed by atoms with Crippen LogP contribution in [0.3, 0.4) is 0 Å². The second-order valence-corrected chi connectivity index (χ2v) is 4.88. The van der Waals surface area contributed by atoms with Crippen molar-refractivity contribution in [2.24, 2.45) is 0 Å². The third kappa shape index (κ3) is 4.24. The number of nitrogens with zero attached hydrogens (tertiary/aromatic N) is 1. The summed E-state index contributed by atoms with van der Waals surface area (Å²) in [5.74, 6) is 0.919. The second-order valence-electron chi connectivity index (χ2n) is 4.88. The lowest BCUT2D eigenvalue weighted by atomic mass is 10.1. The Kier molecular flexibility index (Phi) is 4.81. The van der Waals surface area contributed by atoms with Crippen LogP contribution in [0.1, 0.15) is 25.5 Å². The number of benzene rings is 1. The summed E-state index contributed by atoms with van der Waals surface area (Å²) in [6.07, 6.45) is 0. The molecule has 2 rings (SSSR count). The molecule has 1 aromatic carbocycles. The highest BCUT2D eigenvalue weighted by Crippen LogP contribution is 2.18. The van der Waals surface area contributed by atoms with Crippen LogP contribution in [-0.2, 0) is 4.79 Å². The van der Waals surface area contributed by atoms with E-state index in [0.717, 1.165) is 11.4 Å². The summed E-state index contributed by atoms with van der Waals surface area (Å²) in [7, 11) is 1.84. The molecule has 0 saturated carbocycles. The van der Waals surface area contributed by atoms with Crippen LogP contribution in [0.4, 0.5) is 11.6 Å². The van der Waals surface area contributed by atoms with Crippen LogP contribution >= 0.6 is 0 Å². The molecule has 0 fully saturated rings. The van der Waals surface area contributed by atoms with Gasteiger partial charge in [0.2, 0.25) is 5.88 Å². The van der Waals surface area contributed by atoms with Gasteiger partial charge in [-0.15, -0.1) is 0 Å². The predicted molar refractivity (Wildman–Crippen MR) is 80.7 cm³/mol. The van der Waals surface area contributed by atoms with E-state index in [2.05, 4.69) is 15.8 Å². The van der Waals surface area contributed by atoms with Gasteiger partial charge in [-0.3, -0.25) is 10.1 Å². The minimum absolute atomic E-state index is 0.0867. The SMILES string of the molecule is CNc1ccc(OCC(=O)Nc2cc(C(C)C)no2)cc1. The van der Waals surface area contributed by atoms with E-state index in [0.29, 0.717) is 11.6 Å². The topological polar surface area (TPSA) is 76.4 Å². The fourth-order valence-corrected chi connectivity index (χ4v) is 1.66. The quantitative estimate of drug-likeness (QED) is 0.855. The zero-order valence-corrected chi connectivity index (χ0v) is 12.3. The molecule has 112 valence electrons. The first-order valence-corrected chi connectivity index (χ1v) is 6.75. The van der Waals surface area contributed by atoms with Crippen LogP contribution < -0.4 is 15.4 Å². The molecular formula is C15H19N3O3. The lowest BCUT2D eigenvalue weighted by Crippen LogP contribution is -2.19.